The van der Waals surface area contributed by atoms with Gasteiger partial charge in [0.15, 0.2) is 5.78 Å². The van der Waals surface area contributed by atoms with Crippen LogP contribution in [-0.2, 0) is 0 Å². The van der Waals surface area contributed by atoms with E-state index in [1.165, 1.54) is 0 Å². The van der Waals surface area contributed by atoms with E-state index < -0.39 is 11.6 Å². The van der Waals surface area contributed by atoms with Gasteiger partial charge in [0, 0.05) is 17.5 Å². The molecule has 0 radical (unpaired) electrons. The van der Waals surface area contributed by atoms with Crippen LogP contribution in [0.3, 0.4) is 0 Å². The fourth-order valence-electron chi connectivity index (χ4n) is 2.47. The molecule has 0 heterocycles. The lowest BCUT2D eigenvalue weighted by atomic mass is 9.91. The van der Waals surface area contributed by atoms with E-state index in [0.29, 0.717) is 0 Å². The number of rotatable bonds is 2. The van der Waals surface area contributed by atoms with Crippen molar-refractivity contribution in [1.82, 2.24) is 0 Å². The zero-order chi connectivity index (χ0) is 12.3. The van der Waals surface area contributed by atoms with Crippen LogP contribution in [0.25, 0.3) is 0 Å². The molecule has 17 heavy (non-hydrogen) atoms. The summed E-state index contributed by atoms with van der Waals surface area (Å²) in [7, 11) is 0. The third-order valence-corrected chi connectivity index (χ3v) is 3.37. The Labute approximate surface area is 99.8 Å². The molecule has 0 N–H and O–H groups in total. The highest BCUT2D eigenvalue weighted by Gasteiger charge is 2.22. The number of carbonyl (C=O) groups is 1. The maximum absolute atomic E-state index is 13.0. The molecule has 0 aliphatic heterocycles. The number of hydrogen-bond acceptors (Lipinski definition) is 1. The second-order valence-corrected chi connectivity index (χ2v) is 4.71. The maximum atomic E-state index is 13.0. The molecule has 0 unspecified atom stereocenters. The summed E-state index contributed by atoms with van der Waals surface area (Å²) in [4.78, 5) is 12.1. The van der Waals surface area contributed by atoms with Crippen LogP contribution in [-0.4, -0.2) is 5.78 Å². The number of hydrogen-bond donors (Lipinski definition) is 0. The molecule has 1 nitrogen and oxygen atoms in total. The van der Waals surface area contributed by atoms with Crippen LogP contribution in [0.5, 0.6) is 0 Å². The van der Waals surface area contributed by atoms with Crippen molar-refractivity contribution in [2.45, 2.75) is 38.5 Å². The van der Waals surface area contributed by atoms with Crippen molar-refractivity contribution in [3.8, 4) is 0 Å². The number of Topliss-reactive ketones (excluding diaryl/α,β-unsaturated/α-hetero) is 1. The molecule has 0 saturated heterocycles. The molecule has 2 rings (SSSR count). The first-order valence-corrected chi connectivity index (χ1v) is 6.17. The first-order valence-electron chi connectivity index (χ1n) is 6.17. The number of halogens is 2. The molecule has 1 aromatic carbocycles. The van der Waals surface area contributed by atoms with Gasteiger partial charge in [0.1, 0.15) is 11.6 Å². The van der Waals surface area contributed by atoms with E-state index in [-0.39, 0.29) is 17.3 Å². The Kier molecular flexibility index (Phi) is 3.87. The highest BCUT2D eigenvalue weighted by Crippen LogP contribution is 2.26. The largest absolute Gasteiger partial charge is 0.294 e. The van der Waals surface area contributed by atoms with Crippen molar-refractivity contribution in [3.05, 3.63) is 35.4 Å². The summed E-state index contributed by atoms with van der Waals surface area (Å²) in [5, 5.41) is 0. The van der Waals surface area contributed by atoms with Crippen molar-refractivity contribution in [2.75, 3.05) is 0 Å². The van der Waals surface area contributed by atoms with Crippen LogP contribution in [0.2, 0.25) is 0 Å². The van der Waals surface area contributed by atoms with Gasteiger partial charge in [-0.2, -0.15) is 0 Å². The summed E-state index contributed by atoms with van der Waals surface area (Å²) in [6.07, 6.45) is 6.07. The molecule has 0 amide bonds. The van der Waals surface area contributed by atoms with E-state index in [9.17, 15) is 13.6 Å². The van der Waals surface area contributed by atoms with Crippen molar-refractivity contribution in [3.63, 3.8) is 0 Å². The van der Waals surface area contributed by atoms with Gasteiger partial charge in [-0.3, -0.25) is 4.79 Å². The third kappa shape index (κ3) is 3.11. The zero-order valence-electron chi connectivity index (χ0n) is 9.72. The topological polar surface area (TPSA) is 17.1 Å². The van der Waals surface area contributed by atoms with Gasteiger partial charge >= 0.3 is 0 Å². The lowest BCUT2D eigenvalue weighted by Gasteiger charge is -2.12. The van der Waals surface area contributed by atoms with Gasteiger partial charge in [-0.15, -0.1) is 0 Å². The first-order chi connectivity index (χ1) is 8.16. The van der Waals surface area contributed by atoms with Gasteiger partial charge < -0.3 is 0 Å². The summed E-state index contributed by atoms with van der Waals surface area (Å²) in [5.74, 6) is -1.52. The molecular weight excluding hydrogens is 222 g/mol. The van der Waals surface area contributed by atoms with Crippen molar-refractivity contribution in [1.29, 1.82) is 0 Å². The van der Waals surface area contributed by atoms with E-state index in [0.717, 1.165) is 56.7 Å². The van der Waals surface area contributed by atoms with Crippen LogP contribution < -0.4 is 0 Å². The number of ketones is 1. The average Bonchev–Trinajstić information content (AvgIpc) is 2.55. The molecule has 3 heteroatoms. The summed E-state index contributed by atoms with van der Waals surface area (Å²) < 4.78 is 26.1. The predicted molar refractivity (Wildman–Crippen MR) is 61.9 cm³/mol. The molecule has 0 bridgehead atoms. The first kappa shape index (κ1) is 12.2. The Morgan fingerprint density at radius 2 is 1.47 bits per heavy atom. The third-order valence-electron chi connectivity index (χ3n) is 3.37. The summed E-state index contributed by atoms with van der Waals surface area (Å²) in [6, 6.07) is 3.07. The maximum Gasteiger partial charge on any atom is 0.166 e. The van der Waals surface area contributed by atoms with Gasteiger partial charge in [0.05, 0.1) is 0 Å². The highest BCUT2D eigenvalue weighted by atomic mass is 19.1. The normalized spacial score (nSPS) is 17.8. The summed E-state index contributed by atoms with van der Waals surface area (Å²) in [5.41, 5.74) is 0.175. The van der Waals surface area contributed by atoms with Gasteiger partial charge in [0.2, 0.25) is 0 Å². The average molecular weight is 238 g/mol. The monoisotopic (exact) mass is 238 g/mol. The Hall–Kier alpha value is -1.25. The van der Waals surface area contributed by atoms with E-state index in [2.05, 4.69) is 0 Å². The van der Waals surface area contributed by atoms with Crippen LogP contribution in [0, 0.1) is 17.6 Å². The second kappa shape index (κ2) is 5.39. The van der Waals surface area contributed by atoms with Gasteiger partial charge in [0.25, 0.3) is 0 Å². The minimum atomic E-state index is -0.679. The summed E-state index contributed by atoms with van der Waals surface area (Å²) >= 11 is 0. The smallest absolute Gasteiger partial charge is 0.166 e. The van der Waals surface area contributed by atoms with Gasteiger partial charge in [-0.1, -0.05) is 25.7 Å². The molecule has 1 aliphatic carbocycles. The van der Waals surface area contributed by atoms with Crippen molar-refractivity contribution < 1.29 is 13.6 Å². The Bertz CT molecular complexity index is 386. The van der Waals surface area contributed by atoms with E-state index in [1.807, 2.05) is 0 Å². The second-order valence-electron chi connectivity index (χ2n) is 4.71. The van der Waals surface area contributed by atoms with Crippen LogP contribution in [0.1, 0.15) is 48.9 Å². The quantitative estimate of drug-likeness (QED) is 0.559. The Balaban J connectivity index is 2.17. The highest BCUT2D eigenvalue weighted by molar-refractivity contribution is 5.97. The SMILES string of the molecule is O=C(c1cc(F)cc(F)c1)C1CCCCCC1. The molecule has 92 valence electrons. The molecule has 0 aromatic heterocycles. The lowest BCUT2D eigenvalue weighted by Crippen LogP contribution is -2.14. The zero-order valence-corrected chi connectivity index (χ0v) is 9.72. The minimum absolute atomic E-state index is 0.0568. The van der Waals surface area contributed by atoms with Crippen LogP contribution >= 0.6 is 0 Å². The fraction of sp³-hybridized carbons (Fsp3) is 0.500. The minimum Gasteiger partial charge on any atom is -0.294 e. The van der Waals surface area contributed by atoms with Crippen LogP contribution in [0.15, 0.2) is 18.2 Å². The lowest BCUT2D eigenvalue weighted by molar-refractivity contribution is 0.0907. The van der Waals surface area contributed by atoms with Gasteiger partial charge in [-0.25, -0.2) is 8.78 Å². The molecule has 1 aromatic rings. The molecule has 0 atom stereocenters. The van der Waals surface area contributed by atoms with E-state index >= 15 is 0 Å². The summed E-state index contributed by atoms with van der Waals surface area (Å²) in [6.45, 7) is 0. The molecule has 1 aliphatic rings. The number of benzene rings is 1. The molecular formula is C14H16F2O. The predicted octanol–water partition coefficient (Wildman–Crippen LogP) is 4.12. The standard InChI is InChI=1S/C14H16F2O/c15-12-7-11(8-13(16)9-12)14(17)10-5-3-1-2-4-6-10/h7-10H,1-6H2. The molecule has 0 spiro atoms. The van der Waals surface area contributed by atoms with E-state index in [4.69, 9.17) is 0 Å². The van der Waals surface area contributed by atoms with Gasteiger partial charge in [-0.05, 0) is 25.0 Å². The van der Waals surface area contributed by atoms with Crippen molar-refractivity contribution >= 4 is 5.78 Å². The number of carbonyl (C=O) groups excluding carboxylic acids is 1. The van der Waals surface area contributed by atoms with E-state index in [1.54, 1.807) is 0 Å². The van der Waals surface area contributed by atoms with Crippen molar-refractivity contribution in [2.24, 2.45) is 5.92 Å². The Morgan fingerprint density at radius 3 is 2.00 bits per heavy atom. The molecule has 1 saturated carbocycles. The Morgan fingerprint density at radius 1 is 0.941 bits per heavy atom. The fourth-order valence-corrected chi connectivity index (χ4v) is 2.47. The molecule has 1 fully saturated rings. The van der Waals surface area contributed by atoms with Crippen LogP contribution in [0.4, 0.5) is 8.78 Å².